The van der Waals surface area contributed by atoms with Crippen molar-refractivity contribution >= 4 is 39.8 Å². The van der Waals surface area contributed by atoms with Crippen LogP contribution in [0.3, 0.4) is 0 Å². The summed E-state index contributed by atoms with van der Waals surface area (Å²) in [5, 5.41) is 24.6. The Labute approximate surface area is 191 Å². The monoisotopic (exact) mass is 466 g/mol. The molecule has 0 bridgehead atoms. The van der Waals surface area contributed by atoms with Crippen molar-refractivity contribution in [2.75, 3.05) is 5.32 Å². The van der Waals surface area contributed by atoms with Crippen LogP contribution in [0, 0.1) is 10.1 Å². The van der Waals surface area contributed by atoms with E-state index < -0.39 is 10.2 Å². The molecule has 4 rings (SSSR count). The molecule has 0 fully saturated rings. The second kappa shape index (κ2) is 9.28. The molecule has 0 aliphatic rings. The van der Waals surface area contributed by atoms with Crippen molar-refractivity contribution in [1.82, 2.24) is 19.7 Å². The highest BCUT2D eigenvalue weighted by Gasteiger charge is 2.20. The summed E-state index contributed by atoms with van der Waals surface area (Å²) in [6.45, 7) is 1.78. The topological polar surface area (TPSA) is 116 Å². The van der Waals surface area contributed by atoms with Gasteiger partial charge in [0.1, 0.15) is 0 Å². The van der Waals surface area contributed by atoms with Gasteiger partial charge in [0.2, 0.25) is 5.91 Å². The number of non-ortho nitro benzene ring substituents is 1. The van der Waals surface area contributed by atoms with Crippen molar-refractivity contribution in [2.24, 2.45) is 7.05 Å². The van der Waals surface area contributed by atoms with Crippen LogP contribution in [0.5, 0.6) is 0 Å². The van der Waals surface area contributed by atoms with E-state index in [2.05, 4.69) is 20.5 Å². The van der Waals surface area contributed by atoms with E-state index in [4.69, 9.17) is 0 Å². The quantitative estimate of drug-likeness (QED) is 0.240. The molecule has 162 valence electrons. The molecule has 2 aromatic carbocycles. The summed E-state index contributed by atoms with van der Waals surface area (Å²) in [7, 11) is 1.86. The first-order valence-corrected chi connectivity index (χ1v) is 11.3. The van der Waals surface area contributed by atoms with Crippen molar-refractivity contribution in [1.29, 1.82) is 0 Å². The van der Waals surface area contributed by atoms with Crippen LogP contribution in [0.1, 0.15) is 6.92 Å². The molecule has 1 amide bonds. The van der Waals surface area contributed by atoms with Gasteiger partial charge in [-0.15, -0.1) is 21.5 Å². The molecule has 2 aromatic heterocycles. The third-order valence-corrected chi connectivity index (χ3v) is 6.50. The van der Waals surface area contributed by atoms with Crippen molar-refractivity contribution in [3.05, 3.63) is 70.1 Å². The summed E-state index contributed by atoms with van der Waals surface area (Å²) in [6.07, 6.45) is 0. The Kier molecular flexibility index (Phi) is 6.28. The zero-order chi connectivity index (χ0) is 22.7. The molecule has 0 saturated carbocycles. The number of anilines is 1. The molecule has 11 heteroatoms. The van der Waals surface area contributed by atoms with Crippen LogP contribution in [0.25, 0.3) is 22.6 Å². The van der Waals surface area contributed by atoms with Crippen LogP contribution in [-0.4, -0.2) is 35.8 Å². The first kappa shape index (κ1) is 21.7. The maximum Gasteiger partial charge on any atom is 0.270 e. The fourth-order valence-corrected chi connectivity index (χ4v) is 4.45. The molecule has 1 N–H and O–H groups in total. The predicted octanol–water partition coefficient (Wildman–Crippen LogP) is 4.63. The number of hydrogen-bond donors (Lipinski definition) is 1. The van der Waals surface area contributed by atoms with Gasteiger partial charge in [-0.1, -0.05) is 54.2 Å². The van der Waals surface area contributed by atoms with E-state index in [1.807, 2.05) is 41.9 Å². The van der Waals surface area contributed by atoms with Gasteiger partial charge in [-0.05, 0) is 6.92 Å². The van der Waals surface area contributed by atoms with Gasteiger partial charge in [-0.25, -0.2) is 4.98 Å². The maximum absolute atomic E-state index is 12.7. The van der Waals surface area contributed by atoms with Gasteiger partial charge < -0.3 is 9.88 Å². The molecular weight excluding hydrogens is 448 g/mol. The zero-order valence-electron chi connectivity index (χ0n) is 17.1. The SMILES string of the molecule is C[C@H](Sc1nnc(-c2ccccc2)n1C)C(=O)Nc1nc(-c2cccc([N+](=O)[O-])c2)cs1. The van der Waals surface area contributed by atoms with E-state index in [9.17, 15) is 14.9 Å². The fraction of sp³-hybridized carbons (Fsp3) is 0.143. The Morgan fingerprint density at radius 2 is 1.91 bits per heavy atom. The lowest BCUT2D eigenvalue weighted by Crippen LogP contribution is -2.22. The number of nitro benzene ring substituents is 1. The molecule has 9 nitrogen and oxygen atoms in total. The second-order valence-corrected chi connectivity index (χ2v) is 8.99. The van der Waals surface area contributed by atoms with Gasteiger partial charge in [0, 0.05) is 35.7 Å². The highest BCUT2D eigenvalue weighted by atomic mass is 32.2. The predicted molar refractivity (Wildman–Crippen MR) is 125 cm³/mol. The summed E-state index contributed by atoms with van der Waals surface area (Å²) in [5.41, 5.74) is 2.12. The Balaban J connectivity index is 1.42. The summed E-state index contributed by atoms with van der Waals surface area (Å²) >= 11 is 2.56. The number of amides is 1. The summed E-state index contributed by atoms with van der Waals surface area (Å²) in [5.74, 6) is 0.501. The minimum absolute atomic E-state index is 0.00958. The largest absolute Gasteiger partial charge is 0.305 e. The molecule has 2 heterocycles. The second-order valence-electron chi connectivity index (χ2n) is 6.83. The molecule has 0 unspecified atom stereocenters. The Bertz CT molecular complexity index is 1270. The van der Waals surface area contributed by atoms with Crippen LogP contribution in [0.15, 0.2) is 65.1 Å². The van der Waals surface area contributed by atoms with E-state index in [1.54, 1.807) is 24.4 Å². The Hall–Kier alpha value is -3.57. The average molecular weight is 467 g/mol. The standard InChI is InChI=1S/C21H18N6O3S2/c1-13(32-21-25-24-18(26(21)2)14-7-4-3-5-8-14)19(28)23-20-22-17(12-31-20)15-9-6-10-16(11-15)27(29)30/h3-13H,1-2H3,(H,22,23,28)/t13-/m0/s1. The molecular formula is C21H18N6O3S2. The number of nitro groups is 1. The number of benzene rings is 2. The lowest BCUT2D eigenvalue weighted by Gasteiger charge is -2.10. The third kappa shape index (κ3) is 4.68. The van der Waals surface area contributed by atoms with Crippen LogP contribution in [0.2, 0.25) is 0 Å². The van der Waals surface area contributed by atoms with Crippen LogP contribution < -0.4 is 5.32 Å². The molecule has 32 heavy (non-hydrogen) atoms. The number of carbonyl (C=O) groups is 1. The molecule has 1 atom stereocenters. The lowest BCUT2D eigenvalue weighted by molar-refractivity contribution is -0.384. The third-order valence-electron chi connectivity index (χ3n) is 4.61. The first-order valence-electron chi connectivity index (χ1n) is 9.55. The van der Waals surface area contributed by atoms with Crippen LogP contribution in [-0.2, 0) is 11.8 Å². The van der Waals surface area contributed by atoms with Crippen molar-refractivity contribution < 1.29 is 9.72 Å². The Morgan fingerprint density at radius 1 is 1.16 bits per heavy atom. The average Bonchev–Trinajstić information content (AvgIpc) is 3.41. The van der Waals surface area contributed by atoms with E-state index in [-0.39, 0.29) is 11.6 Å². The van der Waals surface area contributed by atoms with E-state index in [1.165, 1.54) is 35.2 Å². The number of nitrogens with one attached hydrogen (secondary N) is 1. The number of thiazole rings is 1. The number of thioether (sulfide) groups is 1. The molecule has 0 aliphatic heterocycles. The first-order chi connectivity index (χ1) is 15.4. The number of hydrogen-bond acceptors (Lipinski definition) is 8. The van der Waals surface area contributed by atoms with Crippen molar-refractivity contribution in [2.45, 2.75) is 17.3 Å². The van der Waals surface area contributed by atoms with E-state index >= 15 is 0 Å². The Morgan fingerprint density at radius 3 is 2.66 bits per heavy atom. The molecule has 4 aromatic rings. The zero-order valence-corrected chi connectivity index (χ0v) is 18.8. The van der Waals surface area contributed by atoms with Gasteiger partial charge in [0.15, 0.2) is 16.1 Å². The normalized spacial score (nSPS) is 11.8. The minimum atomic E-state index is -0.451. The molecule has 0 saturated heterocycles. The highest BCUT2D eigenvalue weighted by Crippen LogP contribution is 2.29. The van der Waals surface area contributed by atoms with E-state index in [0.717, 1.165) is 11.4 Å². The van der Waals surface area contributed by atoms with Gasteiger partial charge >= 0.3 is 0 Å². The van der Waals surface area contributed by atoms with E-state index in [0.29, 0.717) is 21.5 Å². The maximum atomic E-state index is 12.7. The number of carbonyl (C=O) groups excluding carboxylic acids is 1. The smallest absolute Gasteiger partial charge is 0.270 e. The highest BCUT2D eigenvalue weighted by molar-refractivity contribution is 8.00. The van der Waals surface area contributed by atoms with Crippen LogP contribution >= 0.6 is 23.1 Å². The number of rotatable bonds is 7. The van der Waals surface area contributed by atoms with Gasteiger partial charge in [-0.2, -0.15) is 0 Å². The summed E-state index contributed by atoms with van der Waals surface area (Å²) in [6, 6.07) is 15.9. The summed E-state index contributed by atoms with van der Waals surface area (Å²) < 4.78 is 1.85. The van der Waals surface area contributed by atoms with Crippen LogP contribution in [0.4, 0.5) is 10.8 Å². The summed E-state index contributed by atoms with van der Waals surface area (Å²) in [4.78, 5) is 27.6. The lowest BCUT2D eigenvalue weighted by atomic mass is 10.1. The van der Waals surface area contributed by atoms with Gasteiger partial charge in [0.25, 0.3) is 5.69 Å². The van der Waals surface area contributed by atoms with Crippen molar-refractivity contribution in [3.8, 4) is 22.6 Å². The molecule has 0 radical (unpaired) electrons. The van der Waals surface area contributed by atoms with Gasteiger partial charge in [-0.3, -0.25) is 14.9 Å². The fourth-order valence-electron chi connectivity index (χ4n) is 2.92. The molecule has 0 aliphatic carbocycles. The number of aromatic nitrogens is 4. The molecule has 0 spiro atoms. The number of nitrogens with zero attached hydrogens (tertiary/aromatic N) is 5. The minimum Gasteiger partial charge on any atom is -0.305 e. The van der Waals surface area contributed by atoms with Crippen molar-refractivity contribution in [3.63, 3.8) is 0 Å². The van der Waals surface area contributed by atoms with Gasteiger partial charge in [0.05, 0.1) is 15.9 Å².